The van der Waals surface area contributed by atoms with Crippen molar-refractivity contribution in [2.75, 3.05) is 13.1 Å². The van der Waals surface area contributed by atoms with Crippen molar-refractivity contribution >= 4 is 22.6 Å². The van der Waals surface area contributed by atoms with Crippen LogP contribution in [0.1, 0.15) is 38.6 Å². The Hall–Kier alpha value is -1.06. The van der Waals surface area contributed by atoms with Gasteiger partial charge in [0.15, 0.2) is 0 Å². The van der Waals surface area contributed by atoms with Crippen LogP contribution in [0.5, 0.6) is 0 Å². The SMILES string of the molecule is CC(C)n1c(CCC2CCNC2)nc2cc(Cl)ccc21. The molecule has 0 spiro atoms. The van der Waals surface area contributed by atoms with Gasteiger partial charge in [0.25, 0.3) is 0 Å². The summed E-state index contributed by atoms with van der Waals surface area (Å²) in [5.41, 5.74) is 2.22. The van der Waals surface area contributed by atoms with Gasteiger partial charge in [-0.15, -0.1) is 0 Å². The molecule has 1 aromatic heterocycles. The number of aromatic nitrogens is 2. The van der Waals surface area contributed by atoms with Gasteiger partial charge in [0, 0.05) is 17.5 Å². The van der Waals surface area contributed by atoms with Crippen LogP contribution < -0.4 is 5.32 Å². The monoisotopic (exact) mass is 291 g/mol. The quantitative estimate of drug-likeness (QED) is 0.928. The number of halogens is 1. The molecule has 1 saturated heterocycles. The van der Waals surface area contributed by atoms with E-state index in [9.17, 15) is 0 Å². The first-order valence-electron chi connectivity index (χ1n) is 7.52. The van der Waals surface area contributed by atoms with E-state index in [1.54, 1.807) is 0 Å². The molecule has 1 fully saturated rings. The molecule has 0 radical (unpaired) electrons. The normalized spacial score (nSPS) is 19.3. The van der Waals surface area contributed by atoms with Crippen molar-refractivity contribution in [1.29, 1.82) is 0 Å². The molecule has 1 N–H and O–H groups in total. The van der Waals surface area contributed by atoms with Gasteiger partial charge in [-0.2, -0.15) is 0 Å². The fourth-order valence-electron chi connectivity index (χ4n) is 3.17. The summed E-state index contributed by atoms with van der Waals surface area (Å²) in [6.45, 7) is 6.77. The highest BCUT2D eigenvalue weighted by Gasteiger charge is 2.18. The van der Waals surface area contributed by atoms with E-state index >= 15 is 0 Å². The largest absolute Gasteiger partial charge is 0.325 e. The first-order valence-corrected chi connectivity index (χ1v) is 7.90. The molecular weight excluding hydrogens is 270 g/mol. The van der Waals surface area contributed by atoms with Crippen LogP contribution in [-0.4, -0.2) is 22.6 Å². The highest BCUT2D eigenvalue weighted by molar-refractivity contribution is 6.31. The number of hydrogen-bond acceptors (Lipinski definition) is 2. The van der Waals surface area contributed by atoms with E-state index in [4.69, 9.17) is 16.6 Å². The van der Waals surface area contributed by atoms with Gasteiger partial charge in [-0.05, 0) is 63.9 Å². The molecule has 108 valence electrons. The Kier molecular flexibility index (Phi) is 3.99. The van der Waals surface area contributed by atoms with Crippen LogP contribution in [-0.2, 0) is 6.42 Å². The van der Waals surface area contributed by atoms with Crippen LogP contribution in [0.15, 0.2) is 18.2 Å². The predicted molar refractivity (Wildman–Crippen MR) is 84.4 cm³/mol. The summed E-state index contributed by atoms with van der Waals surface area (Å²) in [5.74, 6) is 2.00. The van der Waals surface area contributed by atoms with E-state index in [2.05, 4.69) is 29.8 Å². The molecule has 1 aliphatic rings. The maximum atomic E-state index is 6.08. The maximum Gasteiger partial charge on any atom is 0.110 e. The summed E-state index contributed by atoms with van der Waals surface area (Å²) in [5, 5.41) is 4.20. The summed E-state index contributed by atoms with van der Waals surface area (Å²) in [6, 6.07) is 6.44. The summed E-state index contributed by atoms with van der Waals surface area (Å²) < 4.78 is 2.36. The summed E-state index contributed by atoms with van der Waals surface area (Å²) in [4.78, 5) is 4.81. The van der Waals surface area contributed by atoms with Crippen molar-refractivity contribution in [3.63, 3.8) is 0 Å². The molecule has 1 unspecified atom stereocenters. The van der Waals surface area contributed by atoms with E-state index in [1.165, 1.54) is 30.7 Å². The van der Waals surface area contributed by atoms with E-state index in [-0.39, 0.29) is 0 Å². The van der Waals surface area contributed by atoms with Gasteiger partial charge in [0.1, 0.15) is 5.82 Å². The Balaban J connectivity index is 1.89. The van der Waals surface area contributed by atoms with E-state index in [0.29, 0.717) is 6.04 Å². The topological polar surface area (TPSA) is 29.9 Å². The highest BCUT2D eigenvalue weighted by Crippen LogP contribution is 2.26. The zero-order chi connectivity index (χ0) is 14.1. The molecular formula is C16H22ClN3. The van der Waals surface area contributed by atoms with Gasteiger partial charge in [-0.25, -0.2) is 4.98 Å². The second kappa shape index (κ2) is 5.74. The van der Waals surface area contributed by atoms with Crippen LogP contribution in [0.4, 0.5) is 0 Å². The van der Waals surface area contributed by atoms with Gasteiger partial charge < -0.3 is 9.88 Å². The molecule has 2 aromatic rings. The van der Waals surface area contributed by atoms with Crippen molar-refractivity contribution in [3.05, 3.63) is 29.0 Å². The lowest BCUT2D eigenvalue weighted by Gasteiger charge is -2.14. The molecule has 1 aromatic carbocycles. The van der Waals surface area contributed by atoms with E-state index in [0.717, 1.165) is 29.4 Å². The minimum atomic E-state index is 0.429. The second-order valence-corrected chi connectivity index (χ2v) is 6.46. The number of imidazole rings is 1. The molecule has 0 saturated carbocycles. The number of fused-ring (bicyclic) bond motifs is 1. The van der Waals surface area contributed by atoms with Crippen LogP contribution in [0.3, 0.4) is 0 Å². The third-order valence-electron chi connectivity index (χ3n) is 4.18. The molecule has 0 amide bonds. The van der Waals surface area contributed by atoms with Crippen LogP contribution in [0.2, 0.25) is 5.02 Å². The van der Waals surface area contributed by atoms with Crippen molar-refractivity contribution in [2.24, 2.45) is 5.92 Å². The fourth-order valence-corrected chi connectivity index (χ4v) is 3.33. The molecule has 4 heteroatoms. The number of nitrogens with one attached hydrogen (secondary N) is 1. The van der Waals surface area contributed by atoms with Crippen molar-refractivity contribution < 1.29 is 0 Å². The highest BCUT2D eigenvalue weighted by atomic mass is 35.5. The number of rotatable bonds is 4. The Morgan fingerprint density at radius 3 is 3.00 bits per heavy atom. The first kappa shape index (κ1) is 13.9. The number of aryl methyl sites for hydroxylation is 1. The Morgan fingerprint density at radius 2 is 2.30 bits per heavy atom. The first-order chi connectivity index (χ1) is 9.65. The Bertz CT molecular complexity index is 597. The molecule has 0 bridgehead atoms. The molecule has 1 atom stereocenters. The second-order valence-electron chi connectivity index (χ2n) is 6.02. The zero-order valence-electron chi connectivity index (χ0n) is 12.2. The van der Waals surface area contributed by atoms with Gasteiger partial charge in [-0.3, -0.25) is 0 Å². The molecule has 20 heavy (non-hydrogen) atoms. The molecule has 3 rings (SSSR count). The predicted octanol–water partition coefficient (Wildman–Crippen LogP) is 3.81. The summed E-state index contributed by atoms with van der Waals surface area (Å²) in [7, 11) is 0. The third-order valence-corrected chi connectivity index (χ3v) is 4.41. The lowest BCUT2D eigenvalue weighted by molar-refractivity contribution is 0.502. The van der Waals surface area contributed by atoms with Gasteiger partial charge in [0.05, 0.1) is 11.0 Å². The van der Waals surface area contributed by atoms with Crippen molar-refractivity contribution in [2.45, 2.75) is 39.2 Å². The fraction of sp³-hybridized carbons (Fsp3) is 0.562. The van der Waals surface area contributed by atoms with Gasteiger partial charge >= 0.3 is 0 Å². The van der Waals surface area contributed by atoms with Gasteiger partial charge in [0.2, 0.25) is 0 Å². The molecule has 3 nitrogen and oxygen atoms in total. The average molecular weight is 292 g/mol. The van der Waals surface area contributed by atoms with Crippen LogP contribution in [0, 0.1) is 5.92 Å². The molecule has 0 aliphatic carbocycles. The van der Waals surface area contributed by atoms with Gasteiger partial charge in [-0.1, -0.05) is 11.6 Å². The van der Waals surface area contributed by atoms with Crippen molar-refractivity contribution in [1.82, 2.24) is 14.9 Å². The Morgan fingerprint density at radius 1 is 1.45 bits per heavy atom. The van der Waals surface area contributed by atoms with E-state index < -0.39 is 0 Å². The molecule has 2 heterocycles. The number of benzene rings is 1. The lowest BCUT2D eigenvalue weighted by Crippen LogP contribution is -2.12. The van der Waals surface area contributed by atoms with Crippen molar-refractivity contribution in [3.8, 4) is 0 Å². The third kappa shape index (κ3) is 2.70. The number of nitrogens with zero attached hydrogens (tertiary/aromatic N) is 2. The van der Waals surface area contributed by atoms with Crippen LogP contribution >= 0.6 is 11.6 Å². The zero-order valence-corrected chi connectivity index (χ0v) is 13.0. The summed E-state index contributed by atoms with van der Waals surface area (Å²) >= 11 is 6.08. The van der Waals surface area contributed by atoms with Crippen LogP contribution in [0.25, 0.3) is 11.0 Å². The summed E-state index contributed by atoms with van der Waals surface area (Å²) in [6.07, 6.45) is 3.57. The van der Waals surface area contributed by atoms with E-state index in [1.807, 2.05) is 12.1 Å². The average Bonchev–Trinajstić information content (AvgIpc) is 3.02. The number of hydrogen-bond donors (Lipinski definition) is 1. The smallest absolute Gasteiger partial charge is 0.110 e. The standard InChI is InChI=1S/C16H22ClN3/c1-11(2)20-15-5-4-13(17)9-14(15)19-16(20)6-3-12-7-8-18-10-12/h4-5,9,11-12,18H,3,6-8,10H2,1-2H3. The minimum Gasteiger partial charge on any atom is -0.325 e. The minimum absolute atomic E-state index is 0.429. The molecule has 1 aliphatic heterocycles. The Labute approximate surface area is 125 Å². The lowest BCUT2D eigenvalue weighted by atomic mass is 10.0. The maximum absolute atomic E-state index is 6.08.